The highest BCUT2D eigenvalue weighted by molar-refractivity contribution is 5.86. The van der Waals surface area contributed by atoms with Gasteiger partial charge in [0.1, 0.15) is 55.6 Å². The average molecular weight is 1210 g/mol. The van der Waals surface area contributed by atoms with E-state index in [0.717, 1.165) is 5.56 Å². The predicted octanol–water partition coefficient (Wildman–Crippen LogP) is 10.7. The Morgan fingerprint density at radius 1 is 0.529 bits per heavy atom. The summed E-state index contributed by atoms with van der Waals surface area (Å²) >= 11 is 0. The number of aliphatic hydroxyl groups is 1. The van der Waals surface area contributed by atoms with Crippen molar-refractivity contribution in [1.29, 1.82) is 0 Å². The Bertz CT molecular complexity index is 3460. The van der Waals surface area contributed by atoms with Gasteiger partial charge in [-0.3, -0.25) is 4.79 Å². The van der Waals surface area contributed by atoms with Gasteiger partial charge in [-0.25, -0.2) is 37.1 Å². The molecule has 0 aromatic heterocycles. The number of halogens is 5. The summed E-state index contributed by atoms with van der Waals surface area (Å²) in [5.74, 6) is -17.3. The van der Waals surface area contributed by atoms with E-state index in [1.165, 1.54) is 6.07 Å². The molecule has 87 heavy (non-hydrogen) atoms. The lowest BCUT2D eigenvalue weighted by Gasteiger charge is -2.24. The zero-order valence-corrected chi connectivity index (χ0v) is 47.3. The lowest BCUT2D eigenvalue weighted by Crippen LogP contribution is -2.50. The molecule has 0 spiro atoms. The molecular formula is C64H61F5N4O14. The van der Waals surface area contributed by atoms with E-state index < -0.39 is 114 Å². The molecule has 23 heteroatoms. The summed E-state index contributed by atoms with van der Waals surface area (Å²) in [5, 5.41) is 17.9. The molecule has 0 radical (unpaired) electrons. The second-order valence-corrected chi connectivity index (χ2v) is 20.4. The van der Waals surface area contributed by atoms with Crippen LogP contribution < -0.4 is 35.6 Å². The maximum Gasteiger partial charge on any atom is 0.408 e. The number of ether oxygens (including phenoxy) is 6. The normalized spacial score (nSPS) is 12.1. The summed E-state index contributed by atoms with van der Waals surface area (Å²) in [7, 11) is 0. The molecule has 3 atom stereocenters. The first-order chi connectivity index (χ1) is 41.7. The molecule has 0 bridgehead atoms. The molecule has 7 aromatic carbocycles. The van der Waals surface area contributed by atoms with Crippen LogP contribution in [0.25, 0.3) is 11.1 Å². The summed E-state index contributed by atoms with van der Waals surface area (Å²) in [5.41, 5.74) is 5.28. The van der Waals surface area contributed by atoms with Crippen LogP contribution in [0.2, 0.25) is 0 Å². The summed E-state index contributed by atoms with van der Waals surface area (Å²) in [6.07, 6.45) is -6.10. The molecule has 456 valence electrons. The van der Waals surface area contributed by atoms with E-state index in [-0.39, 0.29) is 50.6 Å². The van der Waals surface area contributed by atoms with Crippen LogP contribution in [0.4, 0.5) is 36.3 Å². The number of hydrogen-bond donors (Lipinski definition) is 5. The monoisotopic (exact) mass is 1200 g/mol. The van der Waals surface area contributed by atoms with E-state index in [1.54, 1.807) is 142 Å². The second-order valence-electron chi connectivity index (χ2n) is 20.4. The Morgan fingerprint density at radius 3 is 1.48 bits per heavy atom. The van der Waals surface area contributed by atoms with Crippen LogP contribution in [0.1, 0.15) is 67.0 Å². The molecular weight excluding hydrogens is 1140 g/mol. The molecule has 18 nitrogen and oxygen atoms in total. The molecule has 0 saturated carbocycles. The number of hydroxylamine groups is 1. The molecule has 0 aliphatic carbocycles. The van der Waals surface area contributed by atoms with Gasteiger partial charge in [-0.05, 0) is 96.0 Å². The largest absolute Gasteiger partial charge is 0.489 e. The van der Waals surface area contributed by atoms with Crippen molar-refractivity contribution in [3.05, 3.63) is 220 Å². The van der Waals surface area contributed by atoms with Gasteiger partial charge in [-0.2, -0.15) is 14.3 Å². The van der Waals surface area contributed by atoms with Crippen molar-refractivity contribution in [1.82, 2.24) is 21.4 Å². The molecule has 7 aromatic rings. The summed E-state index contributed by atoms with van der Waals surface area (Å²) in [4.78, 5) is 84.8. The highest BCUT2D eigenvalue weighted by atomic mass is 19.2. The van der Waals surface area contributed by atoms with Crippen molar-refractivity contribution >= 4 is 36.1 Å². The van der Waals surface area contributed by atoms with Gasteiger partial charge in [0.25, 0.3) is 5.91 Å². The first kappa shape index (κ1) is 64.5. The van der Waals surface area contributed by atoms with Crippen molar-refractivity contribution in [3.63, 3.8) is 0 Å². The molecule has 0 unspecified atom stereocenters. The highest BCUT2D eigenvalue weighted by Gasteiger charge is 2.33. The summed E-state index contributed by atoms with van der Waals surface area (Å²) in [6, 6.07) is 41.4. The Morgan fingerprint density at radius 2 is 0.977 bits per heavy atom. The third kappa shape index (κ3) is 20.1. The fourth-order valence-corrected chi connectivity index (χ4v) is 8.27. The SMILES string of the molecule is CC(C)(C)OC(=O)N[C@@H](C[C@@H](O)CNC(=O)OCc1ccccc1)C(=O)NOC(=O)CCc1cc(-c2ccc(OCc3ccccc3)c(C[C@H](NC(=O)OCc3ccccc3)C(=O)Oc3c(F)c(F)c(F)c(F)c3F)c2)ccc1OCc1ccccc1. The van der Waals surface area contributed by atoms with Crippen LogP contribution in [0.3, 0.4) is 0 Å². The number of rotatable bonds is 25. The molecule has 0 aliphatic rings. The summed E-state index contributed by atoms with van der Waals surface area (Å²) in [6.45, 7) is 4.07. The van der Waals surface area contributed by atoms with E-state index in [4.69, 9.17) is 33.3 Å². The third-order valence-corrected chi connectivity index (χ3v) is 12.6. The highest BCUT2D eigenvalue weighted by Crippen LogP contribution is 2.34. The second kappa shape index (κ2) is 31.2. The smallest absolute Gasteiger partial charge is 0.408 e. The Hall–Kier alpha value is -10.0. The van der Waals surface area contributed by atoms with Crippen LogP contribution >= 0.6 is 0 Å². The minimum atomic E-state index is -2.50. The van der Waals surface area contributed by atoms with Crippen molar-refractivity contribution in [2.75, 3.05) is 6.54 Å². The zero-order valence-electron chi connectivity index (χ0n) is 47.3. The molecule has 7 rings (SSSR count). The number of benzene rings is 7. The molecule has 5 N–H and O–H groups in total. The van der Waals surface area contributed by atoms with Gasteiger partial charge >= 0.3 is 30.2 Å². The lowest BCUT2D eigenvalue weighted by molar-refractivity contribution is -0.159. The van der Waals surface area contributed by atoms with Gasteiger partial charge in [-0.15, -0.1) is 0 Å². The van der Waals surface area contributed by atoms with E-state index in [2.05, 4.69) is 16.0 Å². The van der Waals surface area contributed by atoms with Crippen LogP contribution in [0, 0.1) is 29.1 Å². The number of amides is 4. The number of aliphatic hydroxyl groups excluding tert-OH is 1. The number of esters is 1. The van der Waals surface area contributed by atoms with E-state index in [1.807, 2.05) is 35.8 Å². The lowest BCUT2D eigenvalue weighted by atomic mass is 9.96. The third-order valence-electron chi connectivity index (χ3n) is 12.6. The fraction of sp³-hybridized carbons (Fsp3) is 0.250. The number of carbonyl (C=O) groups excluding carboxylic acids is 6. The maximum absolute atomic E-state index is 15.0. The number of carbonyl (C=O) groups is 6. The Balaban J connectivity index is 1.13. The fourth-order valence-electron chi connectivity index (χ4n) is 8.27. The van der Waals surface area contributed by atoms with E-state index in [9.17, 15) is 55.8 Å². The number of nitrogens with one attached hydrogen (secondary N) is 4. The standard InChI is InChI=1S/C64H61F5N4O14/c1-64(2,3)86-63(80)71-48(33-47(74)34-70-61(78)83-37-41-20-12-6-13-21-41)59(76)73-87-52(75)29-26-45-30-43(24-27-50(45)81-35-39-16-8-4-9-17-39)44-25-28-51(82-36-40-18-10-5-11-19-40)46(31-44)32-49(72-62(79)84-38-42-22-14-7-15-23-42)60(77)85-58-56(68)54(66)53(65)55(67)57(58)69/h4-25,27-28,30-31,47-49,74H,26,29,32-38H2,1-3H3,(H,70,78)(H,71,80)(H,72,79)(H,73,76)/t47-,48+,49+/m1/s1. The predicted molar refractivity (Wildman–Crippen MR) is 304 cm³/mol. The van der Waals surface area contributed by atoms with Crippen LogP contribution in [-0.4, -0.2) is 71.6 Å². The van der Waals surface area contributed by atoms with Gasteiger partial charge in [0.2, 0.25) is 34.8 Å². The van der Waals surface area contributed by atoms with Crippen LogP contribution in [0.15, 0.2) is 158 Å². The van der Waals surface area contributed by atoms with Crippen LogP contribution in [-0.2, 0) is 72.7 Å². The maximum atomic E-state index is 15.0. The molecule has 0 aliphatic heterocycles. The van der Waals surface area contributed by atoms with Crippen LogP contribution in [0.5, 0.6) is 17.2 Å². The van der Waals surface area contributed by atoms with Gasteiger partial charge in [0.05, 0.1) is 12.5 Å². The summed E-state index contributed by atoms with van der Waals surface area (Å²) < 4.78 is 106. The number of alkyl carbamates (subject to hydrolysis) is 3. The first-order valence-electron chi connectivity index (χ1n) is 27.1. The number of aryl methyl sites for hydroxylation is 1. The van der Waals surface area contributed by atoms with Crippen molar-refractivity contribution in [2.45, 2.75) is 96.7 Å². The van der Waals surface area contributed by atoms with Crippen molar-refractivity contribution in [2.24, 2.45) is 0 Å². The minimum absolute atomic E-state index is 0.0260. The Labute approximate surface area is 496 Å². The average Bonchev–Trinajstić information content (AvgIpc) is 2.96. The van der Waals surface area contributed by atoms with E-state index >= 15 is 0 Å². The van der Waals surface area contributed by atoms with E-state index in [0.29, 0.717) is 39.1 Å². The van der Waals surface area contributed by atoms with Gasteiger partial charge in [0.15, 0.2) is 0 Å². The first-order valence-corrected chi connectivity index (χ1v) is 27.1. The quantitative estimate of drug-likeness (QED) is 0.00681. The molecule has 4 amide bonds. The zero-order chi connectivity index (χ0) is 62.5. The van der Waals surface area contributed by atoms with Gasteiger partial charge < -0.3 is 54.3 Å². The van der Waals surface area contributed by atoms with Gasteiger partial charge in [0, 0.05) is 19.4 Å². The molecule has 0 heterocycles. The molecule has 0 saturated heterocycles. The van der Waals surface area contributed by atoms with Gasteiger partial charge in [-0.1, -0.05) is 133 Å². The molecule has 0 fully saturated rings. The van der Waals surface area contributed by atoms with Crippen molar-refractivity contribution in [3.8, 4) is 28.4 Å². The number of hydrogen-bond acceptors (Lipinski definition) is 14. The Kier molecular flexibility index (Phi) is 23.1. The minimum Gasteiger partial charge on any atom is -0.489 e. The topological polar surface area (TPSA) is 235 Å². The van der Waals surface area contributed by atoms with Crippen molar-refractivity contribution < 1.29 is 89.1 Å².